The van der Waals surface area contributed by atoms with E-state index in [1.165, 1.54) is 6.92 Å². The highest BCUT2D eigenvalue weighted by Gasteiger charge is 2.46. The average Bonchev–Trinajstić information content (AvgIpc) is 3.76. The molecule has 0 bridgehead atoms. The smallest absolute Gasteiger partial charge is 0.325 e. The summed E-state index contributed by atoms with van der Waals surface area (Å²) in [5.74, 6) is -0.0141. The molecule has 38 heavy (non-hydrogen) atoms. The van der Waals surface area contributed by atoms with Crippen LogP contribution in [-0.2, 0) is 23.9 Å². The molecule has 2 aliphatic carbocycles. The van der Waals surface area contributed by atoms with Crippen LogP contribution in [-0.4, -0.2) is 72.3 Å². The van der Waals surface area contributed by atoms with Crippen molar-refractivity contribution < 1.29 is 28.7 Å². The number of rotatable bonds is 12. The Morgan fingerprint density at radius 3 is 2.13 bits per heavy atom. The van der Waals surface area contributed by atoms with E-state index in [9.17, 15) is 24.0 Å². The summed E-state index contributed by atoms with van der Waals surface area (Å²) in [7, 11) is 0. The second-order valence-corrected chi connectivity index (χ2v) is 12.8. The van der Waals surface area contributed by atoms with Gasteiger partial charge in [-0.2, -0.15) is 0 Å². The van der Waals surface area contributed by atoms with Gasteiger partial charge >= 0.3 is 12.0 Å². The molecule has 0 aromatic heterocycles. The molecule has 4 atom stereocenters. The van der Waals surface area contributed by atoms with E-state index in [-0.39, 0.29) is 36.0 Å². The van der Waals surface area contributed by atoms with Crippen molar-refractivity contribution in [3.63, 3.8) is 0 Å². The summed E-state index contributed by atoms with van der Waals surface area (Å²) in [6.45, 7) is 11.6. The number of urea groups is 1. The molecule has 4 unspecified atom stereocenters. The van der Waals surface area contributed by atoms with E-state index >= 15 is 0 Å². The van der Waals surface area contributed by atoms with Crippen molar-refractivity contribution in [3.8, 4) is 0 Å². The van der Waals surface area contributed by atoms with E-state index in [1.54, 1.807) is 4.90 Å². The summed E-state index contributed by atoms with van der Waals surface area (Å²) < 4.78 is 5.14. The number of amides is 4. The van der Waals surface area contributed by atoms with Crippen LogP contribution in [0.3, 0.4) is 0 Å². The lowest BCUT2D eigenvalue weighted by molar-refractivity contribution is -0.142. The molecule has 3 fully saturated rings. The van der Waals surface area contributed by atoms with Crippen LogP contribution in [0, 0.1) is 29.1 Å². The summed E-state index contributed by atoms with van der Waals surface area (Å²) >= 11 is 0. The molecule has 1 saturated heterocycles. The van der Waals surface area contributed by atoms with Crippen molar-refractivity contribution in [2.75, 3.05) is 19.7 Å². The molecule has 3 rings (SSSR count). The minimum atomic E-state index is -0.929. The van der Waals surface area contributed by atoms with Crippen molar-refractivity contribution in [2.45, 2.75) is 98.2 Å². The highest BCUT2D eigenvalue weighted by Crippen LogP contribution is 2.35. The molecule has 10 nitrogen and oxygen atoms in total. The van der Waals surface area contributed by atoms with Gasteiger partial charge in [-0.3, -0.25) is 19.2 Å². The second-order valence-electron chi connectivity index (χ2n) is 12.8. The van der Waals surface area contributed by atoms with Crippen LogP contribution < -0.4 is 16.0 Å². The van der Waals surface area contributed by atoms with Gasteiger partial charge in [0, 0.05) is 6.54 Å². The number of hydrogen-bond donors (Lipinski definition) is 3. The van der Waals surface area contributed by atoms with Crippen LogP contribution in [0.1, 0.15) is 80.1 Å². The van der Waals surface area contributed by atoms with Gasteiger partial charge < -0.3 is 25.6 Å². The first-order valence-corrected chi connectivity index (χ1v) is 14.1. The third kappa shape index (κ3) is 8.70. The largest absolute Gasteiger partial charge is 0.464 e. The zero-order valence-corrected chi connectivity index (χ0v) is 23.8. The minimum Gasteiger partial charge on any atom is -0.464 e. The van der Waals surface area contributed by atoms with Gasteiger partial charge in [0.15, 0.2) is 5.78 Å². The molecular weight excluding hydrogens is 488 g/mol. The predicted octanol–water partition coefficient (Wildman–Crippen LogP) is 2.40. The fourth-order valence-electron chi connectivity index (χ4n) is 4.82. The van der Waals surface area contributed by atoms with Crippen molar-refractivity contribution >= 4 is 29.6 Å². The van der Waals surface area contributed by atoms with Crippen LogP contribution in [0.5, 0.6) is 0 Å². The fraction of sp³-hybridized carbons (Fsp3) is 0.821. The number of nitrogens with one attached hydrogen (secondary N) is 3. The zero-order valence-electron chi connectivity index (χ0n) is 23.8. The van der Waals surface area contributed by atoms with E-state index < -0.39 is 35.5 Å². The number of esters is 1. The lowest BCUT2D eigenvalue weighted by Crippen LogP contribution is -2.60. The van der Waals surface area contributed by atoms with Crippen LogP contribution in [0.15, 0.2) is 0 Å². The van der Waals surface area contributed by atoms with E-state index in [4.69, 9.17) is 4.74 Å². The first-order valence-electron chi connectivity index (χ1n) is 14.1. The Labute approximate surface area is 226 Å². The standard InChI is InChI=1S/C28H46N4O6/c1-16(2)20-12-22(25(35)30-21(17(3)33)11-18-7-8-18)32(14-20)26(36)24(28(4,5)6)31-27(37)29-13-23(34)38-15-19-9-10-19/h16,18-22,24H,7-15H2,1-6H3,(H,30,35)(H2,29,31,37). The molecular formula is C28H46N4O6. The molecule has 0 spiro atoms. The van der Waals surface area contributed by atoms with Crippen LogP contribution in [0.4, 0.5) is 4.79 Å². The van der Waals surface area contributed by atoms with Gasteiger partial charge in [-0.25, -0.2) is 4.79 Å². The maximum absolute atomic E-state index is 13.9. The van der Waals surface area contributed by atoms with E-state index in [0.29, 0.717) is 37.8 Å². The van der Waals surface area contributed by atoms with E-state index in [0.717, 1.165) is 25.7 Å². The van der Waals surface area contributed by atoms with Crippen molar-refractivity contribution in [1.29, 1.82) is 0 Å². The third-order valence-electron chi connectivity index (χ3n) is 7.89. The van der Waals surface area contributed by atoms with Crippen LogP contribution >= 0.6 is 0 Å². The number of ketones is 1. The molecule has 2 saturated carbocycles. The second kappa shape index (κ2) is 12.5. The maximum Gasteiger partial charge on any atom is 0.325 e. The topological polar surface area (TPSA) is 134 Å². The minimum absolute atomic E-state index is 0.0805. The molecule has 0 aromatic rings. The van der Waals surface area contributed by atoms with E-state index in [1.807, 2.05) is 20.8 Å². The fourth-order valence-corrected chi connectivity index (χ4v) is 4.82. The molecule has 3 N–H and O–H groups in total. The zero-order chi connectivity index (χ0) is 28.2. The summed E-state index contributed by atoms with van der Waals surface area (Å²) in [6, 6.07) is -2.85. The Hall–Kier alpha value is -2.65. The summed E-state index contributed by atoms with van der Waals surface area (Å²) in [5, 5.41) is 8.13. The number of nitrogens with zero attached hydrogens (tertiary/aromatic N) is 1. The Bertz CT molecular complexity index is 906. The quantitative estimate of drug-likeness (QED) is 0.329. The van der Waals surface area contributed by atoms with Crippen LogP contribution in [0.2, 0.25) is 0 Å². The van der Waals surface area contributed by atoms with Gasteiger partial charge in [0.05, 0.1) is 12.6 Å². The SMILES string of the molecule is CC(=O)C(CC1CC1)NC(=O)C1CC(C(C)C)CN1C(=O)C(NC(=O)NCC(=O)OCC1CC1)C(C)(C)C. The Morgan fingerprint density at radius 2 is 1.61 bits per heavy atom. The van der Waals surface area contributed by atoms with Gasteiger partial charge in [0.25, 0.3) is 0 Å². The molecule has 214 valence electrons. The third-order valence-corrected chi connectivity index (χ3v) is 7.89. The Morgan fingerprint density at radius 1 is 0.974 bits per heavy atom. The molecule has 1 heterocycles. The Kier molecular flexibility index (Phi) is 9.81. The number of ether oxygens (including phenoxy) is 1. The predicted molar refractivity (Wildman–Crippen MR) is 142 cm³/mol. The molecule has 4 amide bonds. The lowest BCUT2D eigenvalue weighted by atomic mass is 9.85. The Balaban J connectivity index is 1.67. The summed E-state index contributed by atoms with van der Waals surface area (Å²) in [5.41, 5.74) is -0.661. The van der Waals surface area contributed by atoms with Gasteiger partial charge in [-0.05, 0) is 61.7 Å². The number of carbonyl (C=O) groups is 5. The monoisotopic (exact) mass is 534 g/mol. The molecule has 1 aliphatic heterocycles. The average molecular weight is 535 g/mol. The number of likely N-dealkylation sites (tertiary alicyclic amines) is 1. The van der Waals surface area contributed by atoms with Crippen molar-refractivity contribution in [2.24, 2.45) is 29.1 Å². The number of hydrogen-bond acceptors (Lipinski definition) is 6. The molecule has 0 aromatic carbocycles. The van der Waals surface area contributed by atoms with Crippen molar-refractivity contribution in [1.82, 2.24) is 20.9 Å². The summed E-state index contributed by atoms with van der Waals surface area (Å²) in [4.78, 5) is 65.7. The van der Waals surface area contributed by atoms with E-state index in [2.05, 4.69) is 29.8 Å². The summed E-state index contributed by atoms with van der Waals surface area (Å²) in [6.07, 6.45) is 5.38. The first kappa shape index (κ1) is 29.9. The van der Waals surface area contributed by atoms with Crippen molar-refractivity contribution in [3.05, 3.63) is 0 Å². The number of Topliss-reactive ketones (excluding diaryl/α,β-unsaturated/α-hetero) is 1. The van der Waals surface area contributed by atoms with Gasteiger partial charge in [0.1, 0.15) is 18.6 Å². The first-order chi connectivity index (χ1) is 17.8. The molecule has 3 aliphatic rings. The van der Waals surface area contributed by atoms with Gasteiger partial charge in [0.2, 0.25) is 11.8 Å². The van der Waals surface area contributed by atoms with Crippen LogP contribution in [0.25, 0.3) is 0 Å². The molecule has 0 radical (unpaired) electrons. The maximum atomic E-state index is 13.9. The molecule has 10 heteroatoms. The normalized spacial score (nSPS) is 23.0. The lowest BCUT2D eigenvalue weighted by Gasteiger charge is -2.35. The van der Waals surface area contributed by atoms with Gasteiger partial charge in [-0.15, -0.1) is 0 Å². The van der Waals surface area contributed by atoms with Gasteiger partial charge in [-0.1, -0.05) is 47.5 Å². The highest BCUT2D eigenvalue weighted by molar-refractivity contribution is 5.95. The highest BCUT2D eigenvalue weighted by atomic mass is 16.5. The number of carbonyl (C=O) groups excluding carboxylic acids is 5.